The molecule has 0 saturated carbocycles. The molecule has 3 rings (SSSR count). The molecule has 3 aromatic rings. The summed E-state index contributed by atoms with van der Waals surface area (Å²) in [5, 5.41) is 10.8. The first-order chi connectivity index (χ1) is 11.1. The third-order valence-corrected chi connectivity index (χ3v) is 4.07. The molecule has 0 saturated heterocycles. The Morgan fingerprint density at radius 1 is 0.870 bits per heavy atom. The quantitative estimate of drug-likeness (QED) is 0.734. The fourth-order valence-electron chi connectivity index (χ4n) is 2.62. The lowest BCUT2D eigenvalue weighted by Crippen LogP contribution is -2.34. The predicted molar refractivity (Wildman–Crippen MR) is 87.3 cm³/mol. The van der Waals surface area contributed by atoms with Gasteiger partial charge in [-0.05, 0) is 30.2 Å². The van der Waals surface area contributed by atoms with E-state index in [-0.39, 0.29) is 5.82 Å². The molecule has 0 spiro atoms. The monoisotopic (exact) mass is 308 g/mol. The number of aromatic nitrogens is 1. The summed E-state index contributed by atoms with van der Waals surface area (Å²) in [6.07, 6.45) is 3.89. The average Bonchev–Trinajstić information content (AvgIpc) is 2.57. The zero-order valence-corrected chi connectivity index (χ0v) is 13.0. The van der Waals surface area contributed by atoms with E-state index in [2.05, 4.69) is 16.7 Å². The van der Waals surface area contributed by atoms with E-state index in [0.29, 0.717) is 5.56 Å². The molecule has 0 aliphatic heterocycles. The third kappa shape index (κ3) is 3.46. The van der Waals surface area contributed by atoms with Gasteiger partial charge >= 0.3 is 0 Å². The van der Waals surface area contributed by atoms with Crippen LogP contribution in [0.1, 0.15) is 23.6 Å². The van der Waals surface area contributed by atoms with E-state index < -0.39 is 5.60 Å². The van der Waals surface area contributed by atoms with Crippen LogP contribution in [-0.2, 0) is 12.1 Å². The Morgan fingerprint density at radius 2 is 1.43 bits per heavy atom. The van der Waals surface area contributed by atoms with Crippen LogP contribution in [0.5, 0.6) is 0 Å². The van der Waals surface area contributed by atoms with Crippen LogP contribution in [0, 0.1) is 5.82 Å². The lowest BCUT2D eigenvalue weighted by molar-refractivity contribution is -0.688. The van der Waals surface area contributed by atoms with Crippen molar-refractivity contribution in [3.05, 3.63) is 102 Å². The van der Waals surface area contributed by atoms with E-state index in [0.717, 1.165) is 12.1 Å². The van der Waals surface area contributed by atoms with E-state index in [1.54, 1.807) is 19.1 Å². The molecule has 23 heavy (non-hydrogen) atoms. The van der Waals surface area contributed by atoms with Crippen LogP contribution in [-0.4, -0.2) is 5.11 Å². The van der Waals surface area contributed by atoms with Gasteiger partial charge in [-0.25, -0.2) is 8.96 Å². The molecule has 0 fully saturated rings. The highest BCUT2D eigenvalue weighted by Crippen LogP contribution is 2.28. The lowest BCUT2D eigenvalue weighted by atomic mass is 9.89. The molecular weight excluding hydrogens is 289 g/mol. The van der Waals surface area contributed by atoms with Gasteiger partial charge in [-0.1, -0.05) is 42.5 Å². The van der Waals surface area contributed by atoms with Crippen molar-refractivity contribution in [2.75, 3.05) is 0 Å². The van der Waals surface area contributed by atoms with Crippen molar-refractivity contribution in [2.45, 2.75) is 19.1 Å². The highest BCUT2D eigenvalue weighted by Gasteiger charge is 2.26. The lowest BCUT2D eigenvalue weighted by Gasteiger charge is -2.23. The molecular formula is C20H19FNO+. The number of rotatable bonds is 4. The molecule has 0 radical (unpaired) electrons. The van der Waals surface area contributed by atoms with Crippen molar-refractivity contribution in [1.82, 2.24) is 0 Å². The average molecular weight is 308 g/mol. The van der Waals surface area contributed by atoms with Gasteiger partial charge in [-0.3, -0.25) is 0 Å². The fraction of sp³-hybridized carbons (Fsp3) is 0.150. The maximum atomic E-state index is 13.1. The minimum atomic E-state index is -1.15. The summed E-state index contributed by atoms with van der Waals surface area (Å²) in [5.41, 5.74) is 1.50. The van der Waals surface area contributed by atoms with Crippen LogP contribution in [0.4, 0.5) is 4.39 Å². The molecule has 1 unspecified atom stereocenters. The summed E-state index contributed by atoms with van der Waals surface area (Å²) in [7, 11) is 0. The minimum Gasteiger partial charge on any atom is -0.381 e. The summed E-state index contributed by atoms with van der Waals surface area (Å²) < 4.78 is 15.1. The molecule has 1 N–H and O–H groups in total. The zero-order valence-electron chi connectivity index (χ0n) is 13.0. The first-order valence-electron chi connectivity index (χ1n) is 7.57. The second kappa shape index (κ2) is 6.31. The van der Waals surface area contributed by atoms with Gasteiger partial charge in [0, 0.05) is 17.7 Å². The predicted octanol–water partition coefficient (Wildman–Crippen LogP) is 3.42. The number of nitrogens with zero attached hydrogens (tertiary/aromatic N) is 1. The molecule has 2 nitrogen and oxygen atoms in total. The smallest absolute Gasteiger partial charge is 0.173 e. The van der Waals surface area contributed by atoms with Gasteiger partial charge in [0.25, 0.3) is 0 Å². The van der Waals surface area contributed by atoms with Crippen molar-refractivity contribution >= 4 is 0 Å². The van der Waals surface area contributed by atoms with Crippen LogP contribution in [0.2, 0.25) is 0 Å². The molecule has 0 bridgehead atoms. The normalized spacial score (nSPS) is 13.5. The Labute approximate surface area is 135 Å². The number of hydrogen-bond donors (Lipinski definition) is 1. The van der Waals surface area contributed by atoms with Gasteiger partial charge in [0.1, 0.15) is 11.4 Å². The molecule has 0 aliphatic carbocycles. The Bertz CT molecular complexity index is 765. The van der Waals surface area contributed by atoms with Gasteiger partial charge in [0.2, 0.25) is 0 Å². The fourth-order valence-corrected chi connectivity index (χ4v) is 2.62. The summed E-state index contributed by atoms with van der Waals surface area (Å²) in [5.74, 6) is -0.307. The molecule has 3 heteroatoms. The number of benzene rings is 2. The van der Waals surface area contributed by atoms with Crippen molar-refractivity contribution in [1.29, 1.82) is 0 Å². The topological polar surface area (TPSA) is 24.1 Å². The van der Waals surface area contributed by atoms with E-state index in [4.69, 9.17) is 0 Å². The Kier molecular flexibility index (Phi) is 4.22. The Morgan fingerprint density at radius 3 is 2.04 bits per heavy atom. The van der Waals surface area contributed by atoms with Crippen LogP contribution in [0.25, 0.3) is 0 Å². The molecule has 1 aromatic heterocycles. The van der Waals surface area contributed by atoms with Crippen molar-refractivity contribution in [3.63, 3.8) is 0 Å². The zero-order chi connectivity index (χ0) is 16.3. The number of hydrogen-bond acceptors (Lipinski definition) is 1. The van der Waals surface area contributed by atoms with Crippen LogP contribution in [0.15, 0.2) is 79.1 Å². The SMILES string of the molecule is CC(O)(c1ccc(F)cc1)c1cc[n+](Cc2ccccc2)cc1. The van der Waals surface area contributed by atoms with Gasteiger partial charge in [-0.2, -0.15) is 0 Å². The van der Waals surface area contributed by atoms with Crippen molar-refractivity contribution in [2.24, 2.45) is 0 Å². The summed E-state index contributed by atoms with van der Waals surface area (Å²) in [6, 6.07) is 19.9. The Hall–Kier alpha value is -2.52. The molecule has 2 aromatic carbocycles. The molecule has 0 amide bonds. The van der Waals surface area contributed by atoms with Crippen LogP contribution >= 0.6 is 0 Å². The van der Waals surface area contributed by atoms with Gasteiger partial charge in [-0.15, -0.1) is 0 Å². The van der Waals surface area contributed by atoms with Gasteiger partial charge in [0.05, 0.1) is 0 Å². The van der Waals surface area contributed by atoms with E-state index >= 15 is 0 Å². The van der Waals surface area contributed by atoms with E-state index in [9.17, 15) is 9.50 Å². The second-order valence-corrected chi connectivity index (χ2v) is 5.82. The maximum absolute atomic E-state index is 13.1. The minimum absolute atomic E-state index is 0.307. The van der Waals surface area contributed by atoms with Crippen LogP contribution < -0.4 is 4.57 Å². The number of halogens is 1. The molecule has 116 valence electrons. The van der Waals surface area contributed by atoms with Crippen LogP contribution in [0.3, 0.4) is 0 Å². The molecule has 1 atom stereocenters. The maximum Gasteiger partial charge on any atom is 0.173 e. The van der Waals surface area contributed by atoms with Gasteiger partial charge < -0.3 is 5.11 Å². The number of aliphatic hydroxyl groups is 1. The first kappa shape index (κ1) is 15.4. The van der Waals surface area contributed by atoms with Crippen molar-refractivity contribution in [3.8, 4) is 0 Å². The Balaban J connectivity index is 1.82. The summed E-state index contributed by atoms with van der Waals surface area (Å²) in [4.78, 5) is 0. The third-order valence-electron chi connectivity index (χ3n) is 4.07. The largest absolute Gasteiger partial charge is 0.381 e. The summed E-state index contributed by atoms with van der Waals surface area (Å²) >= 11 is 0. The first-order valence-corrected chi connectivity index (χ1v) is 7.57. The summed E-state index contributed by atoms with van der Waals surface area (Å²) in [6.45, 7) is 2.50. The molecule has 1 heterocycles. The second-order valence-electron chi connectivity index (χ2n) is 5.82. The highest BCUT2D eigenvalue weighted by molar-refractivity contribution is 5.33. The standard InChI is InChI=1S/C20H19FNO/c1-20(23,17-7-9-19(21)10-8-17)18-11-13-22(14-12-18)15-16-5-3-2-4-6-16/h2-14,23H,15H2,1H3/q+1. The van der Waals surface area contributed by atoms with E-state index in [1.165, 1.54) is 17.7 Å². The number of pyridine rings is 1. The highest BCUT2D eigenvalue weighted by atomic mass is 19.1. The van der Waals surface area contributed by atoms with Gasteiger partial charge in [0.15, 0.2) is 18.9 Å². The van der Waals surface area contributed by atoms with E-state index in [1.807, 2.05) is 42.7 Å². The molecule has 0 aliphatic rings. The van der Waals surface area contributed by atoms with Crippen molar-refractivity contribution < 1.29 is 14.1 Å².